The Bertz CT molecular complexity index is 1800. The smallest absolute Gasteiger partial charge is 0.211 e. The molecule has 10 heteroatoms. The van der Waals surface area contributed by atoms with Gasteiger partial charge in [-0.15, -0.1) is 12.4 Å². The van der Waals surface area contributed by atoms with E-state index in [1.165, 1.54) is 22.7 Å². The molecule has 0 amide bonds. The highest BCUT2D eigenvalue weighted by molar-refractivity contribution is 7.88. The first-order valence-electron chi connectivity index (χ1n) is 13.5. The predicted octanol–water partition coefficient (Wildman–Crippen LogP) is 6.53. The minimum atomic E-state index is -3.17. The number of carbonyl (C=O) groups is 1. The van der Waals surface area contributed by atoms with E-state index in [2.05, 4.69) is 4.98 Å². The highest BCUT2D eigenvalue weighted by atomic mass is 35.5. The summed E-state index contributed by atoms with van der Waals surface area (Å²) < 4.78 is 59.7. The number of piperidine rings is 1. The van der Waals surface area contributed by atoms with Gasteiger partial charge in [0.25, 0.3) is 0 Å². The minimum absolute atomic E-state index is 0. The van der Waals surface area contributed by atoms with E-state index in [0.717, 1.165) is 36.2 Å². The van der Waals surface area contributed by atoms with Crippen molar-refractivity contribution in [1.82, 2.24) is 9.29 Å². The Morgan fingerprint density at radius 3 is 2.33 bits per heavy atom. The molecular weight excluding hydrogens is 582 g/mol. The fraction of sp³-hybridized carbons (Fsp3) is 0.250. The van der Waals surface area contributed by atoms with Gasteiger partial charge in [-0.2, -0.15) is 0 Å². The van der Waals surface area contributed by atoms with Gasteiger partial charge in [-0.3, -0.25) is 9.78 Å². The van der Waals surface area contributed by atoms with Gasteiger partial charge in [-0.1, -0.05) is 18.2 Å². The molecule has 0 spiro atoms. The molecule has 0 unspecified atom stereocenters. The molecule has 1 aromatic heterocycles. The summed E-state index contributed by atoms with van der Waals surface area (Å²) in [6.45, 7) is 1.45. The van der Waals surface area contributed by atoms with Crippen LogP contribution in [0.1, 0.15) is 46.3 Å². The normalized spacial score (nSPS) is 16.0. The average molecular weight is 611 g/mol. The summed E-state index contributed by atoms with van der Waals surface area (Å²) in [4.78, 5) is 18.4. The van der Waals surface area contributed by atoms with E-state index in [0.29, 0.717) is 59.2 Å². The number of hydrogen-bond acceptors (Lipinski definition) is 5. The van der Waals surface area contributed by atoms with Gasteiger partial charge < -0.3 is 4.74 Å². The number of sulfonamides is 1. The summed E-state index contributed by atoms with van der Waals surface area (Å²) in [6.07, 6.45) is 5.17. The summed E-state index contributed by atoms with van der Waals surface area (Å²) in [5, 5.41) is 0.845. The number of ether oxygens (including phenoxy) is 1. The maximum Gasteiger partial charge on any atom is 0.211 e. The molecule has 42 heavy (non-hydrogen) atoms. The topological polar surface area (TPSA) is 76.6 Å². The van der Waals surface area contributed by atoms with Crippen LogP contribution in [0.5, 0.6) is 5.75 Å². The number of nitrogens with zero attached hydrogens (tertiary/aromatic N) is 2. The molecule has 0 atom stereocenters. The Balaban J connectivity index is 0.00000353. The molecule has 0 bridgehead atoms. The van der Waals surface area contributed by atoms with Crippen molar-refractivity contribution in [2.75, 3.05) is 26.0 Å². The van der Waals surface area contributed by atoms with Crippen molar-refractivity contribution < 1.29 is 26.7 Å². The summed E-state index contributed by atoms with van der Waals surface area (Å²) in [5.41, 5.74) is 3.35. The second-order valence-electron chi connectivity index (χ2n) is 10.6. The first-order chi connectivity index (χ1) is 19.7. The third-order valence-electron chi connectivity index (χ3n) is 7.85. The zero-order chi connectivity index (χ0) is 28.7. The Morgan fingerprint density at radius 1 is 0.905 bits per heavy atom. The maximum absolute atomic E-state index is 14.3. The molecule has 1 saturated heterocycles. The zero-order valence-corrected chi connectivity index (χ0v) is 24.5. The molecular formula is C32H29ClF2N2O4S. The molecule has 1 aliphatic carbocycles. The fourth-order valence-corrected chi connectivity index (χ4v) is 6.63. The van der Waals surface area contributed by atoms with Gasteiger partial charge in [-0.05, 0) is 78.8 Å². The summed E-state index contributed by atoms with van der Waals surface area (Å²) in [7, 11) is -3.17. The van der Waals surface area contributed by atoms with Crippen molar-refractivity contribution in [3.8, 4) is 5.75 Å². The van der Waals surface area contributed by atoms with E-state index in [1.807, 2.05) is 30.3 Å². The number of ketones is 1. The van der Waals surface area contributed by atoms with Crippen LogP contribution in [0.15, 0.2) is 72.9 Å². The second-order valence-corrected chi connectivity index (χ2v) is 12.6. The number of allylic oxidation sites excluding steroid dienone is 1. The van der Waals surface area contributed by atoms with Gasteiger partial charge in [-0.25, -0.2) is 21.5 Å². The number of benzene rings is 3. The Morgan fingerprint density at radius 2 is 1.62 bits per heavy atom. The Labute approximate surface area is 249 Å². The molecule has 1 fully saturated rings. The standard InChI is InChI=1S/C32H28F2N2O4S.ClH/c1-41(38,39)36-11-8-20(9-12-36)10-13-40-26-6-7-27-28(18-26)32(37)31(30(27)22-15-24(33)17-25(34)16-22)23-14-21-4-2-3-5-29(21)35-19-23;/h2-7,14-20H,8-13H2,1H3;1H. The van der Waals surface area contributed by atoms with Crippen molar-refractivity contribution in [3.63, 3.8) is 0 Å². The first-order valence-corrected chi connectivity index (χ1v) is 15.3. The number of carbonyl (C=O) groups excluding carboxylic acids is 1. The average Bonchev–Trinajstić information content (AvgIpc) is 3.23. The van der Waals surface area contributed by atoms with Gasteiger partial charge in [0, 0.05) is 53.0 Å². The van der Waals surface area contributed by atoms with E-state index in [-0.39, 0.29) is 23.8 Å². The number of halogens is 3. The van der Waals surface area contributed by atoms with Crippen LogP contribution in [0.3, 0.4) is 0 Å². The van der Waals surface area contributed by atoms with Crippen molar-refractivity contribution in [1.29, 1.82) is 0 Å². The molecule has 6 rings (SSSR count). The van der Waals surface area contributed by atoms with Gasteiger partial charge in [0.15, 0.2) is 5.78 Å². The largest absolute Gasteiger partial charge is 0.494 e. The molecule has 2 heterocycles. The van der Waals surface area contributed by atoms with Gasteiger partial charge in [0.05, 0.1) is 18.4 Å². The Kier molecular flexibility index (Phi) is 8.46. The molecule has 4 aromatic rings. The first kappa shape index (κ1) is 29.8. The van der Waals surface area contributed by atoms with E-state index >= 15 is 0 Å². The Hall–Kier alpha value is -3.66. The summed E-state index contributed by atoms with van der Waals surface area (Å²) in [5.74, 6) is -0.852. The molecule has 218 valence electrons. The second kappa shape index (κ2) is 11.9. The molecule has 6 nitrogen and oxygen atoms in total. The summed E-state index contributed by atoms with van der Waals surface area (Å²) in [6, 6.07) is 17.9. The summed E-state index contributed by atoms with van der Waals surface area (Å²) >= 11 is 0. The van der Waals surface area contributed by atoms with Crippen LogP contribution in [0, 0.1) is 17.6 Å². The number of fused-ring (bicyclic) bond motifs is 2. The number of pyridine rings is 1. The minimum Gasteiger partial charge on any atom is -0.494 e. The lowest BCUT2D eigenvalue weighted by Crippen LogP contribution is -2.38. The number of para-hydroxylation sites is 1. The fourth-order valence-electron chi connectivity index (χ4n) is 5.76. The van der Waals surface area contributed by atoms with Gasteiger partial charge in [0.2, 0.25) is 10.0 Å². The van der Waals surface area contributed by atoms with Crippen LogP contribution in [-0.4, -0.2) is 49.4 Å². The molecule has 1 aliphatic heterocycles. The van der Waals surface area contributed by atoms with Crippen molar-refractivity contribution in [2.24, 2.45) is 5.92 Å². The van der Waals surface area contributed by atoms with Crippen LogP contribution in [0.4, 0.5) is 8.78 Å². The molecule has 3 aromatic carbocycles. The lowest BCUT2D eigenvalue weighted by molar-refractivity contribution is 0.105. The van der Waals surface area contributed by atoms with Crippen molar-refractivity contribution in [3.05, 3.63) is 107 Å². The SMILES string of the molecule is CS(=O)(=O)N1CCC(CCOc2ccc3c(c2)C(=O)C(c2cnc4ccccc4c2)=C3c2cc(F)cc(F)c2)CC1.Cl. The van der Waals surface area contributed by atoms with Crippen LogP contribution < -0.4 is 4.74 Å². The van der Waals surface area contributed by atoms with E-state index in [1.54, 1.807) is 24.4 Å². The molecule has 2 aliphatic rings. The predicted molar refractivity (Wildman–Crippen MR) is 161 cm³/mol. The monoisotopic (exact) mass is 610 g/mol. The van der Waals surface area contributed by atoms with Crippen LogP contribution in [-0.2, 0) is 10.0 Å². The van der Waals surface area contributed by atoms with Crippen LogP contribution in [0.2, 0.25) is 0 Å². The van der Waals surface area contributed by atoms with Crippen LogP contribution >= 0.6 is 12.4 Å². The lowest BCUT2D eigenvalue weighted by Gasteiger charge is -2.30. The zero-order valence-electron chi connectivity index (χ0n) is 22.8. The van der Waals surface area contributed by atoms with Crippen molar-refractivity contribution in [2.45, 2.75) is 19.3 Å². The maximum atomic E-state index is 14.3. The van der Waals surface area contributed by atoms with E-state index in [9.17, 15) is 22.0 Å². The number of Topliss-reactive ketones (excluding diaryl/α,β-unsaturated/α-hetero) is 1. The van der Waals surface area contributed by atoms with Gasteiger partial charge >= 0.3 is 0 Å². The number of rotatable bonds is 7. The lowest BCUT2D eigenvalue weighted by atomic mass is 9.94. The molecule has 0 saturated carbocycles. The third-order valence-corrected chi connectivity index (χ3v) is 9.15. The highest BCUT2D eigenvalue weighted by Gasteiger charge is 2.33. The van der Waals surface area contributed by atoms with Crippen LogP contribution in [0.25, 0.3) is 22.0 Å². The number of hydrogen-bond donors (Lipinski definition) is 0. The van der Waals surface area contributed by atoms with E-state index < -0.39 is 21.7 Å². The van der Waals surface area contributed by atoms with Gasteiger partial charge in [0.1, 0.15) is 17.4 Å². The van der Waals surface area contributed by atoms with Crippen molar-refractivity contribution >= 4 is 50.3 Å². The number of aromatic nitrogens is 1. The third kappa shape index (κ3) is 5.95. The van der Waals surface area contributed by atoms with E-state index in [4.69, 9.17) is 4.74 Å². The molecule has 0 radical (unpaired) electrons. The highest BCUT2D eigenvalue weighted by Crippen LogP contribution is 2.44. The molecule has 0 N–H and O–H groups in total. The quantitative estimate of drug-likeness (QED) is 0.238.